The SMILES string of the molecule is CCOC(=O)/C(=C/c1ccc(-c2ccc(Br)cc2)o1)C(=O)c1ccccc1. The van der Waals surface area contributed by atoms with Gasteiger partial charge in [-0.2, -0.15) is 0 Å². The van der Waals surface area contributed by atoms with Gasteiger partial charge in [-0.05, 0) is 37.3 Å². The van der Waals surface area contributed by atoms with Gasteiger partial charge in [0.15, 0.2) is 5.78 Å². The topological polar surface area (TPSA) is 56.5 Å². The molecule has 3 aromatic rings. The van der Waals surface area contributed by atoms with Crippen LogP contribution in [0.2, 0.25) is 0 Å². The van der Waals surface area contributed by atoms with E-state index in [0.29, 0.717) is 17.1 Å². The Morgan fingerprint density at radius 3 is 2.37 bits per heavy atom. The van der Waals surface area contributed by atoms with Gasteiger partial charge in [-0.1, -0.05) is 58.4 Å². The van der Waals surface area contributed by atoms with Gasteiger partial charge < -0.3 is 9.15 Å². The highest BCUT2D eigenvalue weighted by molar-refractivity contribution is 9.10. The van der Waals surface area contributed by atoms with Gasteiger partial charge in [-0.15, -0.1) is 0 Å². The van der Waals surface area contributed by atoms with Crippen molar-refractivity contribution >= 4 is 33.8 Å². The number of hydrogen-bond acceptors (Lipinski definition) is 4. The summed E-state index contributed by atoms with van der Waals surface area (Å²) in [6.07, 6.45) is 1.43. The van der Waals surface area contributed by atoms with Gasteiger partial charge in [0.25, 0.3) is 0 Å². The van der Waals surface area contributed by atoms with Gasteiger partial charge in [0.05, 0.1) is 6.61 Å². The molecule has 1 aromatic heterocycles. The molecular formula is C22H17BrO4. The molecule has 136 valence electrons. The van der Waals surface area contributed by atoms with Crippen molar-refractivity contribution in [2.24, 2.45) is 0 Å². The average Bonchev–Trinajstić information content (AvgIpc) is 3.15. The zero-order valence-corrected chi connectivity index (χ0v) is 16.2. The molecule has 0 amide bonds. The molecule has 0 saturated carbocycles. The van der Waals surface area contributed by atoms with Crippen molar-refractivity contribution in [2.45, 2.75) is 6.92 Å². The molecule has 0 saturated heterocycles. The lowest BCUT2D eigenvalue weighted by Gasteiger charge is -2.06. The molecule has 0 aliphatic rings. The molecule has 0 atom stereocenters. The predicted molar refractivity (Wildman–Crippen MR) is 107 cm³/mol. The summed E-state index contributed by atoms with van der Waals surface area (Å²) in [5.41, 5.74) is 1.24. The van der Waals surface area contributed by atoms with Gasteiger partial charge in [-0.25, -0.2) is 4.79 Å². The van der Waals surface area contributed by atoms with Crippen molar-refractivity contribution < 1.29 is 18.7 Å². The summed E-state index contributed by atoms with van der Waals surface area (Å²) in [7, 11) is 0. The lowest BCUT2D eigenvalue weighted by molar-refractivity contribution is -0.137. The van der Waals surface area contributed by atoms with E-state index >= 15 is 0 Å². The number of ether oxygens (including phenoxy) is 1. The van der Waals surface area contributed by atoms with Gasteiger partial charge in [0, 0.05) is 15.6 Å². The third-order valence-corrected chi connectivity index (χ3v) is 4.35. The van der Waals surface area contributed by atoms with Crippen molar-refractivity contribution in [2.75, 3.05) is 6.61 Å². The molecule has 5 heteroatoms. The number of furan rings is 1. The van der Waals surface area contributed by atoms with Crippen molar-refractivity contribution in [3.8, 4) is 11.3 Å². The number of hydrogen-bond donors (Lipinski definition) is 0. The number of rotatable bonds is 6. The Morgan fingerprint density at radius 2 is 1.70 bits per heavy atom. The number of carbonyl (C=O) groups is 2. The minimum atomic E-state index is -0.673. The number of Topliss-reactive ketones (excluding diaryl/α,β-unsaturated/α-hetero) is 1. The minimum Gasteiger partial charge on any atom is -0.462 e. The highest BCUT2D eigenvalue weighted by atomic mass is 79.9. The molecular weight excluding hydrogens is 408 g/mol. The van der Waals surface area contributed by atoms with Gasteiger partial charge in [-0.3, -0.25) is 4.79 Å². The van der Waals surface area contributed by atoms with Crippen LogP contribution in [0, 0.1) is 0 Å². The maximum Gasteiger partial charge on any atom is 0.342 e. The summed E-state index contributed by atoms with van der Waals surface area (Å²) in [5.74, 6) is -0.0343. The first-order valence-electron chi connectivity index (χ1n) is 8.43. The van der Waals surface area contributed by atoms with Crippen molar-refractivity contribution in [3.63, 3.8) is 0 Å². The Kier molecular flexibility index (Phi) is 6.04. The summed E-state index contributed by atoms with van der Waals surface area (Å²) >= 11 is 3.40. The molecule has 1 heterocycles. The number of halogens is 1. The predicted octanol–water partition coefficient (Wildman–Crippen LogP) is 5.54. The Bertz CT molecular complexity index is 969. The van der Waals surface area contributed by atoms with E-state index in [-0.39, 0.29) is 12.2 Å². The van der Waals surface area contributed by atoms with Crippen molar-refractivity contribution in [3.05, 3.63) is 88.1 Å². The van der Waals surface area contributed by atoms with Crippen LogP contribution in [0.15, 0.2) is 81.2 Å². The maximum absolute atomic E-state index is 12.8. The first kappa shape index (κ1) is 18.9. The Balaban J connectivity index is 1.95. The molecule has 3 rings (SSSR count). The number of carbonyl (C=O) groups excluding carboxylic acids is 2. The van der Waals surface area contributed by atoms with E-state index in [0.717, 1.165) is 10.0 Å². The molecule has 0 aliphatic carbocycles. The van der Waals surface area contributed by atoms with Gasteiger partial charge in [0.2, 0.25) is 0 Å². The van der Waals surface area contributed by atoms with Crippen LogP contribution in [-0.2, 0) is 9.53 Å². The Hall–Kier alpha value is -2.92. The second-order valence-corrected chi connectivity index (χ2v) is 6.60. The summed E-state index contributed by atoms with van der Waals surface area (Å²) in [5, 5.41) is 0. The lowest BCUT2D eigenvalue weighted by atomic mass is 10.0. The van der Waals surface area contributed by atoms with Gasteiger partial charge in [0.1, 0.15) is 17.1 Å². The fourth-order valence-corrected chi connectivity index (χ4v) is 2.78. The summed E-state index contributed by atoms with van der Waals surface area (Å²) in [6.45, 7) is 1.88. The third kappa shape index (κ3) is 4.63. The van der Waals surface area contributed by atoms with Crippen molar-refractivity contribution in [1.29, 1.82) is 0 Å². The highest BCUT2D eigenvalue weighted by Crippen LogP contribution is 2.25. The molecule has 0 radical (unpaired) electrons. The maximum atomic E-state index is 12.8. The van der Waals surface area contributed by atoms with E-state index < -0.39 is 11.8 Å². The van der Waals surface area contributed by atoms with Crippen LogP contribution >= 0.6 is 15.9 Å². The average molecular weight is 425 g/mol. The van der Waals surface area contributed by atoms with E-state index in [1.165, 1.54) is 6.08 Å². The smallest absolute Gasteiger partial charge is 0.342 e. The van der Waals surface area contributed by atoms with Crippen LogP contribution in [0.5, 0.6) is 0 Å². The first-order chi connectivity index (χ1) is 13.1. The van der Waals surface area contributed by atoms with Crippen LogP contribution in [0.25, 0.3) is 17.4 Å². The van der Waals surface area contributed by atoms with E-state index in [1.807, 2.05) is 30.3 Å². The molecule has 0 N–H and O–H groups in total. The Labute approximate surface area is 165 Å². The molecule has 0 bridgehead atoms. The normalized spacial score (nSPS) is 11.3. The molecule has 0 aliphatic heterocycles. The van der Waals surface area contributed by atoms with E-state index in [2.05, 4.69) is 15.9 Å². The quantitative estimate of drug-likeness (QED) is 0.171. The van der Waals surface area contributed by atoms with Crippen LogP contribution in [0.4, 0.5) is 0 Å². The van der Waals surface area contributed by atoms with E-state index in [4.69, 9.17) is 9.15 Å². The Morgan fingerprint density at radius 1 is 1.00 bits per heavy atom. The number of benzene rings is 2. The van der Waals surface area contributed by atoms with Crippen LogP contribution in [0.1, 0.15) is 23.0 Å². The van der Waals surface area contributed by atoms with Gasteiger partial charge >= 0.3 is 5.97 Å². The van der Waals surface area contributed by atoms with Crippen LogP contribution in [0.3, 0.4) is 0 Å². The third-order valence-electron chi connectivity index (χ3n) is 3.82. The number of ketones is 1. The lowest BCUT2D eigenvalue weighted by Crippen LogP contribution is -2.16. The second kappa shape index (κ2) is 8.64. The fraction of sp³-hybridized carbons (Fsp3) is 0.0909. The number of esters is 1. The molecule has 27 heavy (non-hydrogen) atoms. The first-order valence-corrected chi connectivity index (χ1v) is 9.22. The standard InChI is InChI=1S/C22H17BrO4/c1-2-26-22(25)19(21(24)16-6-4-3-5-7-16)14-18-12-13-20(27-18)15-8-10-17(23)11-9-15/h3-14H,2H2,1H3/b19-14+. The highest BCUT2D eigenvalue weighted by Gasteiger charge is 2.22. The zero-order chi connectivity index (χ0) is 19.2. The fourth-order valence-electron chi connectivity index (χ4n) is 2.51. The molecule has 0 spiro atoms. The summed E-state index contributed by atoms with van der Waals surface area (Å²) in [4.78, 5) is 25.1. The summed E-state index contributed by atoms with van der Waals surface area (Å²) in [6, 6.07) is 19.8. The van der Waals surface area contributed by atoms with Crippen LogP contribution in [-0.4, -0.2) is 18.4 Å². The molecule has 2 aromatic carbocycles. The second-order valence-electron chi connectivity index (χ2n) is 5.68. The molecule has 4 nitrogen and oxygen atoms in total. The van der Waals surface area contributed by atoms with E-state index in [9.17, 15) is 9.59 Å². The van der Waals surface area contributed by atoms with E-state index in [1.54, 1.807) is 43.3 Å². The minimum absolute atomic E-state index is 0.0697. The van der Waals surface area contributed by atoms with Crippen LogP contribution < -0.4 is 0 Å². The largest absolute Gasteiger partial charge is 0.462 e. The monoisotopic (exact) mass is 424 g/mol. The molecule has 0 unspecified atom stereocenters. The molecule has 0 fully saturated rings. The zero-order valence-electron chi connectivity index (χ0n) is 14.6. The van der Waals surface area contributed by atoms with Crippen molar-refractivity contribution in [1.82, 2.24) is 0 Å². The summed E-state index contributed by atoms with van der Waals surface area (Å²) < 4.78 is 11.8.